The Morgan fingerprint density at radius 1 is 1.43 bits per heavy atom. The van der Waals surface area contributed by atoms with Gasteiger partial charge in [0.15, 0.2) is 5.78 Å². The van der Waals surface area contributed by atoms with Gasteiger partial charge in [0, 0.05) is 6.92 Å². The Kier molecular flexibility index (Phi) is 2.55. The van der Waals surface area contributed by atoms with E-state index in [2.05, 4.69) is 4.98 Å². The van der Waals surface area contributed by atoms with E-state index >= 15 is 0 Å². The highest BCUT2D eigenvalue weighted by atomic mass is 19.4. The summed E-state index contributed by atoms with van der Waals surface area (Å²) in [5.74, 6) is -1.97. The maximum absolute atomic E-state index is 12.5. The van der Waals surface area contributed by atoms with Crippen molar-refractivity contribution < 1.29 is 22.4 Å². The van der Waals surface area contributed by atoms with Crippen LogP contribution in [0.25, 0.3) is 0 Å². The van der Waals surface area contributed by atoms with Gasteiger partial charge in [0.1, 0.15) is 11.5 Å². The van der Waals surface area contributed by atoms with E-state index in [1.54, 1.807) is 0 Å². The van der Waals surface area contributed by atoms with Crippen molar-refractivity contribution in [3.63, 3.8) is 0 Å². The van der Waals surface area contributed by atoms with Crippen molar-refractivity contribution in [2.75, 3.05) is 0 Å². The third-order valence-electron chi connectivity index (χ3n) is 1.49. The maximum atomic E-state index is 12.5. The van der Waals surface area contributed by atoms with Crippen molar-refractivity contribution in [2.24, 2.45) is 0 Å². The zero-order valence-corrected chi connectivity index (χ0v) is 7.02. The molecular weight excluding hydrogens is 202 g/mol. The van der Waals surface area contributed by atoms with E-state index in [0.29, 0.717) is 6.20 Å². The van der Waals surface area contributed by atoms with Crippen molar-refractivity contribution in [2.45, 2.75) is 13.1 Å². The molecule has 0 aliphatic heterocycles. The molecule has 0 atom stereocenters. The summed E-state index contributed by atoms with van der Waals surface area (Å²) in [6, 6.07) is 0.254. The fraction of sp³-hybridized carbons (Fsp3) is 0.250. The minimum Gasteiger partial charge on any atom is -0.293 e. The van der Waals surface area contributed by atoms with E-state index in [-0.39, 0.29) is 6.07 Å². The lowest BCUT2D eigenvalue weighted by Gasteiger charge is -2.09. The van der Waals surface area contributed by atoms with Gasteiger partial charge in [-0.2, -0.15) is 13.2 Å². The number of carbonyl (C=O) groups excluding carboxylic acids is 1. The average molecular weight is 207 g/mol. The van der Waals surface area contributed by atoms with Crippen molar-refractivity contribution in [1.29, 1.82) is 0 Å². The van der Waals surface area contributed by atoms with Crippen LogP contribution in [0.3, 0.4) is 0 Å². The molecule has 2 nitrogen and oxygen atoms in total. The number of Topliss-reactive ketones (excluding diaryl/α,β-unsaturated/α-hetero) is 1. The Morgan fingerprint density at radius 3 is 2.43 bits per heavy atom. The second-order valence-electron chi connectivity index (χ2n) is 2.60. The molecule has 0 aliphatic carbocycles. The Hall–Kier alpha value is -1.46. The van der Waals surface area contributed by atoms with E-state index in [1.807, 2.05) is 0 Å². The first kappa shape index (κ1) is 10.6. The highest BCUT2D eigenvalue weighted by Crippen LogP contribution is 2.31. The predicted molar refractivity (Wildman–Crippen MR) is 39.2 cm³/mol. The van der Waals surface area contributed by atoms with Gasteiger partial charge in [0.05, 0.1) is 11.8 Å². The SMILES string of the molecule is CC(=O)c1ncc(F)cc1C(F)(F)F. The number of hydrogen-bond donors (Lipinski definition) is 0. The fourth-order valence-corrected chi connectivity index (χ4v) is 0.936. The van der Waals surface area contributed by atoms with Gasteiger partial charge in [0.2, 0.25) is 0 Å². The topological polar surface area (TPSA) is 30.0 Å². The zero-order valence-electron chi connectivity index (χ0n) is 7.02. The molecule has 1 rings (SSSR count). The number of hydrogen-bond acceptors (Lipinski definition) is 2. The minimum absolute atomic E-state index is 0.254. The van der Waals surface area contributed by atoms with E-state index in [4.69, 9.17) is 0 Å². The Bertz CT molecular complexity index is 372. The summed E-state index contributed by atoms with van der Waals surface area (Å²) in [6.45, 7) is 0.940. The van der Waals surface area contributed by atoms with Gasteiger partial charge in [-0.05, 0) is 6.07 Å². The molecule has 0 saturated carbocycles. The summed E-state index contributed by atoms with van der Waals surface area (Å²) >= 11 is 0. The van der Waals surface area contributed by atoms with Gasteiger partial charge >= 0.3 is 6.18 Å². The van der Waals surface area contributed by atoms with Crippen molar-refractivity contribution >= 4 is 5.78 Å². The number of alkyl halides is 3. The number of pyridine rings is 1. The van der Waals surface area contributed by atoms with Gasteiger partial charge in [-0.3, -0.25) is 4.79 Å². The molecule has 0 bridgehead atoms. The first-order valence-corrected chi connectivity index (χ1v) is 3.56. The largest absolute Gasteiger partial charge is 0.418 e. The Morgan fingerprint density at radius 2 is 2.00 bits per heavy atom. The number of aromatic nitrogens is 1. The summed E-state index contributed by atoms with van der Waals surface area (Å²) in [4.78, 5) is 13.8. The van der Waals surface area contributed by atoms with E-state index < -0.39 is 29.0 Å². The van der Waals surface area contributed by atoms with Crippen LogP contribution in [0.4, 0.5) is 17.6 Å². The van der Waals surface area contributed by atoms with Crippen LogP contribution in [0, 0.1) is 5.82 Å². The summed E-state index contributed by atoms with van der Waals surface area (Å²) in [7, 11) is 0. The smallest absolute Gasteiger partial charge is 0.293 e. The van der Waals surface area contributed by atoms with Crippen molar-refractivity contribution in [3.05, 3.63) is 29.3 Å². The quantitative estimate of drug-likeness (QED) is 0.523. The molecule has 0 amide bonds. The lowest BCUT2D eigenvalue weighted by Crippen LogP contribution is -2.14. The minimum atomic E-state index is -4.77. The Balaban J connectivity index is 3.38. The number of carbonyl (C=O) groups is 1. The zero-order chi connectivity index (χ0) is 10.9. The van der Waals surface area contributed by atoms with Gasteiger partial charge in [-0.1, -0.05) is 0 Å². The summed E-state index contributed by atoms with van der Waals surface area (Å²) in [6.07, 6.45) is -4.19. The van der Waals surface area contributed by atoms with E-state index in [1.165, 1.54) is 0 Å². The third-order valence-corrected chi connectivity index (χ3v) is 1.49. The molecule has 0 aromatic carbocycles. The van der Waals surface area contributed by atoms with Crippen LogP contribution in [0.2, 0.25) is 0 Å². The van der Waals surface area contributed by atoms with Gasteiger partial charge in [-0.25, -0.2) is 9.37 Å². The van der Waals surface area contributed by atoms with E-state index in [0.717, 1.165) is 6.92 Å². The van der Waals surface area contributed by atoms with Gasteiger partial charge in [0.25, 0.3) is 0 Å². The van der Waals surface area contributed by atoms with Crippen LogP contribution in [0.5, 0.6) is 0 Å². The van der Waals surface area contributed by atoms with Crippen LogP contribution in [0.15, 0.2) is 12.3 Å². The molecule has 76 valence electrons. The predicted octanol–water partition coefficient (Wildman–Crippen LogP) is 2.44. The highest BCUT2D eigenvalue weighted by Gasteiger charge is 2.35. The molecule has 0 radical (unpaired) electrons. The first-order chi connectivity index (χ1) is 6.32. The molecule has 0 unspecified atom stereocenters. The van der Waals surface area contributed by atoms with E-state index in [9.17, 15) is 22.4 Å². The molecular formula is C8H5F4NO. The molecule has 0 aliphatic rings. The summed E-state index contributed by atoms with van der Waals surface area (Å²) in [5.41, 5.74) is -2.11. The summed E-state index contributed by atoms with van der Waals surface area (Å²) < 4.78 is 49.2. The second-order valence-corrected chi connectivity index (χ2v) is 2.60. The molecule has 1 aromatic rings. The molecule has 0 spiro atoms. The van der Waals surface area contributed by atoms with Crippen LogP contribution < -0.4 is 0 Å². The Labute approximate surface area is 76.6 Å². The van der Waals surface area contributed by atoms with Crippen LogP contribution in [0.1, 0.15) is 23.0 Å². The molecule has 0 fully saturated rings. The normalized spacial score (nSPS) is 11.5. The maximum Gasteiger partial charge on any atom is 0.418 e. The average Bonchev–Trinajstić information content (AvgIpc) is 2.01. The molecule has 0 N–H and O–H groups in total. The first-order valence-electron chi connectivity index (χ1n) is 3.56. The molecule has 6 heteroatoms. The van der Waals surface area contributed by atoms with Crippen molar-refractivity contribution in [3.8, 4) is 0 Å². The third kappa shape index (κ3) is 2.07. The van der Waals surface area contributed by atoms with Crippen LogP contribution >= 0.6 is 0 Å². The van der Waals surface area contributed by atoms with Gasteiger partial charge < -0.3 is 0 Å². The monoisotopic (exact) mass is 207 g/mol. The number of rotatable bonds is 1. The standard InChI is InChI=1S/C8H5F4NO/c1-4(14)7-6(8(10,11)12)2-5(9)3-13-7/h2-3H,1H3. The number of nitrogens with zero attached hydrogens (tertiary/aromatic N) is 1. The fourth-order valence-electron chi connectivity index (χ4n) is 0.936. The molecule has 1 aromatic heterocycles. The molecule has 1 heterocycles. The lowest BCUT2D eigenvalue weighted by atomic mass is 10.1. The molecule has 14 heavy (non-hydrogen) atoms. The summed E-state index contributed by atoms with van der Waals surface area (Å²) in [5, 5.41) is 0. The van der Waals surface area contributed by atoms with Gasteiger partial charge in [-0.15, -0.1) is 0 Å². The number of halogens is 4. The van der Waals surface area contributed by atoms with Crippen LogP contribution in [-0.2, 0) is 6.18 Å². The van der Waals surface area contributed by atoms with Crippen molar-refractivity contribution in [1.82, 2.24) is 4.98 Å². The lowest BCUT2D eigenvalue weighted by molar-refractivity contribution is -0.138. The van der Waals surface area contributed by atoms with Crippen LogP contribution in [-0.4, -0.2) is 10.8 Å². The molecule has 0 saturated heterocycles. The number of ketones is 1. The highest BCUT2D eigenvalue weighted by molar-refractivity contribution is 5.93. The second kappa shape index (κ2) is 3.36.